The van der Waals surface area contributed by atoms with E-state index in [4.69, 9.17) is 9.66 Å². The molecule has 5 nitrogen and oxygen atoms in total. The molecular weight excluding hydrogens is 184 g/mol. The van der Waals surface area contributed by atoms with Gasteiger partial charge in [-0.3, -0.25) is 4.55 Å². The van der Waals surface area contributed by atoms with Crippen molar-refractivity contribution in [3.8, 4) is 0 Å². The van der Waals surface area contributed by atoms with Crippen LogP contribution in [0.25, 0.3) is 0 Å². The first-order valence-corrected chi connectivity index (χ1v) is 4.92. The summed E-state index contributed by atoms with van der Waals surface area (Å²) in [5.74, 6) is -0.590. The Hall–Kier alpha value is -0.590. The summed E-state index contributed by atoms with van der Waals surface area (Å²) in [4.78, 5) is 0. The molecule has 0 saturated carbocycles. The standard InChI is InChI=1S/C3H8O4S.C3H4O/c1-3(4)2-8(5,6)7;1-2-4-3-1/h3-4H,2H2,1H3,(H,5,6,7);1-2H,3H2. The Morgan fingerprint density at radius 1 is 1.67 bits per heavy atom. The number of rotatable bonds is 2. The third-order valence-electron chi connectivity index (χ3n) is 0.837. The van der Waals surface area contributed by atoms with Gasteiger partial charge in [0.05, 0.1) is 12.4 Å². The molecule has 6 heteroatoms. The molecule has 0 aliphatic carbocycles. The molecule has 1 rings (SSSR count). The smallest absolute Gasteiger partial charge is 0.267 e. The van der Waals surface area contributed by atoms with Gasteiger partial charge in [0.1, 0.15) is 12.4 Å². The molecule has 0 saturated heterocycles. The summed E-state index contributed by atoms with van der Waals surface area (Å²) in [7, 11) is -3.97. The lowest BCUT2D eigenvalue weighted by Gasteiger charge is -1.99. The second-order valence-corrected chi connectivity index (χ2v) is 3.80. The topological polar surface area (TPSA) is 83.8 Å². The van der Waals surface area contributed by atoms with Crippen LogP contribution in [0.1, 0.15) is 6.92 Å². The molecule has 0 radical (unpaired) electrons. The minimum atomic E-state index is -3.97. The van der Waals surface area contributed by atoms with E-state index in [2.05, 4.69) is 4.74 Å². The van der Waals surface area contributed by atoms with Crippen LogP contribution in [0.15, 0.2) is 12.3 Å². The van der Waals surface area contributed by atoms with Crippen LogP contribution in [0.3, 0.4) is 0 Å². The van der Waals surface area contributed by atoms with E-state index in [1.54, 1.807) is 6.26 Å². The molecular formula is C6H12O5S. The molecule has 0 bridgehead atoms. The lowest BCUT2D eigenvalue weighted by atomic mass is 10.5. The average Bonchev–Trinajstić information content (AvgIpc) is 1.47. The molecule has 1 atom stereocenters. The van der Waals surface area contributed by atoms with Crippen molar-refractivity contribution in [2.24, 2.45) is 0 Å². The predicted octanol–water partition coefficient (Wildman–Crippen LogP) is -0.215. The lowest BCUT2D eigenvalue weighted by molar-refractivity contribution is 0.215. The molecule has 0 spiro atoms. The first-order chi connectivity index (χ1) is 5.42. The van der Waals surface area contributed by atoms with Crippen LogP contribution in [-0.4, -0.2) is 36.5 Å². The third-order valence-corrected chi connectivity index (χ3v) is 1.74. The van der Waals surface area contributed by atoms with E-state index in [1.807, 2.05) is 6.08 Å². The van der Waals surface area contributed by atoms with Gasteiger partial charge in [0.25, 0.3) is 10.1 Å². The summed E-state index contributed by atoms with van der Waals surface area (Å²) in [5, 5.41) is 8.35. The van der Waals surface area contributed by atoms with Crippen molar-refractivity contribution in [2.75, 3.05) is 12.4 Å². The number of ether oxygens (including phenoxy) is 1. The molecule has 2 N–H and O–H groups in total. The van der Waals surface area contributed by atoms with Crippen molar-refractivity contribution in [2.45, 2.75) is 13.0 Å². The highest BCUT2D eigenvalue weighted by atomic mass is 32.2. The Kier molecular flexibility index (Phi) is 4.87. The van der Waals surface area contributed by atoms with E-state index < -0.39 is 22.0 Å². The Morgan fingerprint density at radius 3 is 2.00 bits per heavy atom. The summed E-state index contributed by atoms with van der Waals surface area (Å²) in [6.45, 7) is 2.10. The first-order valence-electron chi connectivity index (χ1n) is 3.31. The van der Waals surface area contributed by atoms with Gasteiger partial charge in [-0.05, 0) is 13.0 Å². The molecule has 1 heterocycles. The van der Waals surface area contributed by atoms with Crippen molar-refractivity contribution < 1.29 is 22.8 Å². The maximum Gasteiger partial charge on any atom is 0.267 e. The molecule has 1 aliphatic heterocycles. The highest BCUT2D eigenvalue weighted by molar-refractivity contribution is 7.85. The Balaban J connectivity index is 0.000000247. The summed E-state index contributed by atoms with van der Waals surface area (Å²) in [6, 6.07) is 0. The Labute approximate surface area is 71.4 Å². The van der Waals surface area contributed by atoms with Crippen LogP contribution in [0.2, 0.25) is 0 Å². The van der Waals surface area contributed by atoms with Gasteiger partial charge in [0, 0.05) is 0 Å². The van der Waals surface area contributed by atoms with Crippen molar-refractivity contribution in [3.63, 3.8) is 0 Å². The van der Waals surface area contributed by atoms with Gasteiger partial charge in [-0.25, -0.2) is 0 Å². The first kappa shape index (κ1) is 11.4. The zero-order valence-corrected chi connectivity index (χ0v) is 7.49. The Bertz CT molecular complexity index is 222. The predicted molar refractivity (Wildman–Crippen MR) is 43.2 cm³/mol. The monoisotopic (exact) mass is 196 g/mol. The van der Waals surface area contributed by atoms with Crippen LogP contribution in [0, 0.1) is 0 Å². The van der Waals surface area contributed by atoms with Gasteiger partial charge in [0.2, 0.25) is 0 Å². The summed E-state index contributed by atoms with van der Waals surface area (Å²) < 4.78 is 32.2. The molecule has 72 valence electrons. The van der Waals surface area contributed by atoms with Gasteiger partial charge < -0.3 is 9.84 Å². The minimum Gasteiger partial charge on any atom is -0.497 e. The number of hydrogen-bond acceptors (Lipinski definition) is 4. The van der Waals surface area contributed by atoms with Crippen LogP contribution in [-0.2, 0) is 14.9 Å². The molecule has 1 unspecified atom stereocenters. The third kappa shape index (κ3) is 9.41. The fourth-order valence-corrected chi connectivity index (χ4v) is 1.01. The summed E-state index contributed by atoms with van der Waals surface area (Å²) in [6.07, 6.45) is 2.64. The fraction of sp³-hybridized carbons (Fsp3) is 0.667. The van der Waals surface area contributed by atoms with E-state index in [0.717, 1.165) is 6.61 Å². The van der Waals surface area contributed by atoms with Gasteiger partial charge in [-0.15, -0.1) is 0 Å². The molecule has 1 aliphatic rings. The highest BCUT2D eigenvalue weighted by Crippen LogP contribution is 1.87. The van der Waals surface area contributed by atoms with Crippen LogP contribution in [0.4, 0.5) is 0 Å². The van der Waals surface area contributed by atoms with E-state index >= 15 is 0 Å². The zero-order chi connectivity index (χ0) is 9.61. The van der Waals surface area contributed by atoms with Crippen molar-refractivity contribution in [1.82, 2.24) is 0 Å². The normalized spacial score (nSPS) is 16.6. The van der Waals surface area contributed by atoms with Crippen molar-refractivity contribution >= 4 is 10.1 Å². The number of aliphatic hydroxyl groups is 1. The SMILES string of the molecule is C1=COC1.CC(O)CS(=O)(=O)O. The zero-order valence-electron chi connectivity index (χ0n) is 6.67. The molecule has 12 heavy (non-hydrogen) atoms. The molecule has 0 fully saturated rings. The van der Waals surface area contributed by atoms with E-state index in [9.17, 15) is 8.42 Å². The summed E-state index contributed by atoms with van der Waals surface area (Å²) >= 11 is 0. The average molecular weight is 196 g/mol. The Morgan fingerprint density at radius 2 is 2.00 bits per heavy atom. The van der Waals surface area contributed by atoms with E-state index in [0.29, 0.717) is 0 Å². The van der Waals surface area contributed by atoms with E-state index in [1.165, 1.54) is 6.92 Å². The quantitative estimate of drug-likeness (QED) is 0.597. The van der Waals surface area contributed by atoms with E-state index in [-0.39, 0.29) is 0 Å². The second-order valence-electron chi connectivity index (χ2n) is 2.30. The molecule has 0 aromatic heterocycles. The molecule has 0 aromatic rings. The van der Waals surface area contributed by atoms with Crippen LogP contribution in [0.5, 0.6) is 0 Å². The lowest BCUT2D eigenvalue weighted by Crippen LogP contribution is -2.16. The van der Waals surface area contributed by atoms with Gasteiger partial charge >= 0.3 is 0 Å². The number of aliphatic hydroxyl groups excluding tert-OH is 1. The van der Waals surface area contributed by atoms with Crippen LogP contribution >= 0.6 is 0 Å². The van der Waals surface area contributed by atoms with Crippen LogP contribution < -0.4 is 0 Å². The molecule has 0 aromatic carbocycles. The maximum atomic E-state index is 9.84. The van der Waals surface area contributed by atoms with Crippen molar-refractivity contribution in [3.05, 3.63) is 12.3 Å². The fourth-order valence-electron chi connectivity index (χ4n) is 0.401. The van der Waals surface area contributed by atoms with Gasteiger partial charge in [0.15, 0.2) is 0 Å². The minimum absolute atomic E-state index is 0.590. The number of hydrogen-bond donors (Lipinski definition) is 2. The second kappa shape index (κ2) is 5.13. The molecule has 0 amide bonds. The summed E-state index contributed by atoms with van der Waals surface area (Å²) in [5.41, 5.74) is 0. The van der Waals surface area contributed by atoms with Gasteiger partial charge in [-0.2, -0.15) is 8.42 Å². The maximum absolute atomic E-state index is 9.84. The highest BCUT2D eigenvalue weighted by Gasteiger charge is 2.07. The van der Waals surface area contributed by atoms with Gasteiger partial charge in [-0.1, -0.05) is 0 Å². The largest absolute Gasteiger partial charge is 0.497 e. The van der Waals surface area contributed by atoms with Crippen molar-refractivity contribution in [1.29, 1.82) is 0 Å².